The summed E-state index contributed by atoms with van der Waals surface area (Å²) in [6.07, 6.45) is 2.76. The highest BCUT2D eigenvalue weighted by molar-refractivity contribution is 5.94. The number of carbonyl (C=O) groups excluding carboxylic acids is 1. The summed E-state index contributed by atoms with van der Waals surface area (Å²) in [5.74, 6) is 0.659. The molecule has 0 spiro atoms. The summed E-state index contributed by atoms with van der Waals surface area (Å²) in [6, 6.07) is 8.70. The molecule has 1 aromatic rings. The van der Waals surface area contributed by atoms with Crippen LogP contribution >= 0.6 is 0 Å². The Hall–Kier alpha value is -1.35. The van der Waals surface area contributed by atoms with Gasteiger partial charge in [0.2, 0.25) is 5.91 Å². The lowest BCUT2D eigenvalue weighted by molar-refractivity contribution is -0.119. The third-order valence-electron chi connectivity index (χ3n) is 3.77. The molecule has 0 aromatic heterocycles. The summed E-state index contributed by atoms with van der Waals surface area (Å²) in [5.41, 5.74) is 2.36. The van der Waals surface area contributed by atoms with E-state index in [0.29, 0.717) is 18.4 Å². The number of nitrogens with zero attached hydrogens (tertiary/aromatic N) is 1. The average Bonchev–Trinajstić information content (AvgIpc) is 2.43. The fourth-order valence-corrected chi connectivity index (χ4v) is 2.81. The van der Waals surface area contributed by atoms with Gasteiger partial charge in [0.25, 0.3) is 0 Å². The average molecular weight is 274 g/mol. The van der Waals surface area contributed by atoms with Gasteiger partial charge < -0.3 is 10.2 Å². The van der Waals surface area contributed by atoms with Crippen molar-refractivity contribution < 1.29 is 4.79 Å². The minimum atomic E-state index is 0.251. The zero-order valence-corrected chi connectivity index (χ0v) is 12.9. The summed E-state index contributed by atoms with van der Waals surface area (Å²) in [5, 5.41) is 3.59. The van der Waals surface area contributed by atoms with Crippen molar-refractivity contribution in [2.45, 2.75) is 46.1 Å². The number of anilines is 1. The van der Waals surface area contributed by atoms with Crippen molar-refractivity contribution in [3.63, 3.8) is 0 Å². The van der Waals surface area contributed by atoms with Crippen LogP contribution < -0.4 is 10.2 Å². The van der Waals surface area contributed by atoms with E-state index in [2.05, 4.69) is 44.3 Å². The van der Waals surface area contributed by atoms with Crippen LogP contribution in [0.4, 0.5) is 5.69 Å². The number of fused-ring (bicyclic) bond motifs is 1. The lowest BCUT2D eigenvalue weighted by Gasteiger charge is -2.35. The van der Waals surface area contributed by atoms with E-state index in [1.807, 2.05) is 11.0 Å². The Labute approximate surface area is 122 Å². The second kappa shape index (κ2) is 6.89. The van der Waals surface area contributed by atoms with E-state index < -0.39 is 0 Å². The first-order valence-electron chi connectivity index (χ1n) is 7.76. The van der Waals surface area contributed by atoms with Gasteiger partial charge in [0.05, 0.1) is 0 Å². The number of hydrogen-bond donors (Lipinski definition) is 1. The summed E-state index contributed by atoms with van der Waals surface area (Å²) >= 11 is 0. The van der Waals surface area contributed by atoms with Crippen LogP contribution in [0.1, 0.15) is 51.6 Å². The predicted octanol–water partition coefficient (Wildman–Crippen LogP) is 3.51. The van der Waals surface area contributed by atoms with Crippen molar-refractivity contribution >= 4 is 11.6 Å². The van der Waals surface area contributed by atoms with Gasteiger partial charge in [0.15, 0.2) is 0 Å². The quantitative estimate of drug-likeness (QED) is 0.891. The summed E-state index contributed by atoms with van der Waals surface area (Å²) in [7, 11) is 0. The van der Waals surface area contributed by atoms with E-state index in [4.69, 9.17) is 0 Å². The zero-order valence-electron chi connectivity index (χ0n) is 12.9. The molecule has 1 atom stereocenters. The van der Waals surface area contributed by atoms with Crippen LogP contribution in [0.5, 0.6) is 0 Å². The lowest BCUT2D eigenvalue weighted by atomic mass is 9.95. The van der Waals surface area contributed by atoms with Gasteiger partial charge in [0, 0.05) is 24.7 Å². The van der Waals surface area contributed by atoms with Crippen molar-refractivity contribution in [1.29, 1.82) is 0 Å². The third-order valence-corrected chi connectivity index (χ3v) is 3.77. The summed E-state index contributed by atoms with van der Waals surface area (Å²) in [6.45, 7) is 8.22. The molecule has 1 heterocycles. The maximum absolute atomic E-state index is 12.4. The van der Waals surface area contributed by atoms with Crippen LogP contribution in [-0.4, -0.2) is 19.0 Å². The molecular weight excluding hydrogens is 248 g/mol. The fraction of sp³-hybridized carbons (Fsp3) is 0.588. The topological polar surface area (TPSA) is 32.3 Å². The molecule has 1 unspecified atom stereocenters. The Bertz CT molecular complexity index is 456. The van der Waals surface area contributed by atoms with E-state index in [0.717, 1.165) is 31.6 Å². The van der Waals surface area contributed by atoms with Crippen molar-refractivity contribution in [2.24, 2.45) is 5.92 Å². The highest BCUT2D eigenvalue weighted by Crippen LogP contribution is 2.34. The fourth-order valence-electron chi connectivity index (χ4n) is 2.81. The lowest BCUT2D eigenvalue weighted by Crippen LogP contribution is -2.40. The molecule has 110 valence electrons. The van der Waals surface area contributed by atoms with Gasteiger partial charge in [0.1, 0.15) is 0 Å². The number of para-hydroxylation sites is 1. The maximum atomic E-state index is 12.4. The molecule has 1 aliphatic heterocycles. The van der Waals surface area contributed by atoms with E-state index in [9.17, 15) is 4.79 Å². The van der Waals surface area contributed by atoms with Crippen molar-refractivity contribution in [1.82, 2.24) is 5.32 Å². The van der Waals surface area contributed by atoms with Gasteiger partial charge in [-0.2, -0.15) is 0 Å². The second-order valence-corrected chi connectivity index (χ2v) is 6.00. The van der Waals surface area contributed by atoms with Crippen LogP contribution in [0.25, 0.3) is 0 Å². The molecular formula is C17H26N2O. The van der Waals surface area contributed by atoms with E-state index in [1.54, 1.807) is 0 Å². The molecule has 0 saturated heterocycles. The summed E-state index contributed by atoms with van der Waals surface area (Å²) < 4.78 is 0. The SMILES string of the molecule is CCCNC1CCN(C(=O)CC(C)C)c2ccccc21. The molecule has 1 N–H and O–H groups in total. The third kappa shape index (κ3) is 3.40. The van der Waals surface area contributed by atoms with Gasteiger partial charge in [-0.1, -0.05) is 39.0 Å². The molecule has 2 rings (SSSR count). The van der Waals surface area contributed by atoms with Gasteiger partial charge in [-0.05, 0) is 36.9 Å². The van der Waals surface area contributed by atoms with Crippen LogP contribution in [0, 0.1) is 5.92 Å². The molecule has 3 nitrogen and oxygen atoms in total. The molecule has 1 amide bonds. The number of benzene rings is 1. The zero-order chi connectivity index (χ0) is 14.5. The largest absolute Gasteiger partial charge is 0.312 e. The Morgan fingerprint density at radius 3 is 2.85 bits per heavy atom. The van der Waals surface area contributed by atoms with Gasteiger partial charge in [-0.3, -0.25) is 4.79 Å². The molecule has 20 heavy (non-hydrogen) atoms. The number of amides is 1. The predicted molar refractivity (Wildman–Crippen MR) is 83.9 cm³/mol. The molecule has 3 heteroatoms. The first-order valence-corrected chi connectivity index (χ1v) is 7.76. The van der Waals surface area contributed by atoms with Gasteiger partial charge in [-0.15, -0.1) is 0 Å². The number of nitrogens with one attached hydrogen (secondary N) is 1. The molecule has 1 aromatic carbocycles. The Balaban J connectivity index is 2.20. The summed E-state index contributed by atoms with van der Waals surface area (Å²) in [4.78, 5) is 14.4. The molecule has 0 fully saturated rings. The van der Waals surface area contributed by atoms with Crippen LogP contribution in [-0.2, 0) is 4.79 Å². The number of hydrogen-bond acceptors (Lipinski definition) is 2. The van der Waals surface area contributed by atoms with Crippen LogP contribution in [0.2, 0.25) is 0 Å². The molecule has 0 radical (unpaired) electrons. The first-order chi connectivity index (χ1) is 9.63. The maximum Gasteiger partial charge on any atom is 0.227 e. The van der Waals surface area contributed by atoms with Crippen molar-refractivity contribution in [3.05, 3.63) is 29.8 Å². The molecule has 0 saturated carbocycles. The monoisotopic (exact) mass is 274 g/mol. The smallest absolute Gasteiger partial charge is 0.227 e. The molecule has 1 aliphatic rings. The molecule has 0 aliphatic carbocycles. The second-order valence-electron chi connectivity index (χ2n) is 6.00. The number of carbonyl (C=O) groups is 1. The van der Waals surface area contributed by atoms with Crippen molar-refractivity contribution in [3.8, 4) is 0 Å². The normalized spacial score (nSPS) is 18.2. The standard InChI is InChI=1S/C17H26N2O/c1-4-10-18-15-9-11-19(17(20)12-13(2)3)16-8-6-5-7-14(15)16/h5-8,13,15,18H,4,9-12H2,1-3H3. The minimum absolute atomic E-state index is 0.251. The Morgan fingerprint density at radius 2 is 2.15 bits per heavy atom. The van der Waals surface area contributed by atoms with Crippen LogP contribution in [0.15, 0.2) is 24.3 Å². The van der Waals surface area contributed by atoms with Gasteiger partial charge in [-0.25, -0.2) is 0 Å². The number of rotatable bonds is 5. The highest BCUT2D eigenvalue weighted by atomic mass is 16.2. The Morgan fingerprint density at radius 1 is 1.40 bits per heavy atom. The van der Waals surface area contributed by atoms with Crippen molar-refractivity contribution in [2.75, 3.05) is 18.0 Å². The van der Waals surface area contributed by atoms with Gasteiger partial charge >= 0.3 is 0 Å². The minimum Gasteiger partial charge on any atom is -0.312 e. The van der Waals surface area contributed by atoms with E-state index >= 15 is 0 Å². The molecule has 0 bridgehead atoms. The van der Waals surface area contributed by atoms with E-state index in [-0.39, 0.29) is 5.91 Å². The van der Waals surface area contributed by atoms with E-state index in [1.165, 1.54) is 5.56 Å². The van der Waals surface area contributed by atoms with Crippen LogP contribution in [0.3, 0.4) is 0 Å². The first kappa shape index (κ1) is 15.0. The Kier molecular flexibility index (Phi) is 5.18. The highest BCUT2D eigenvalue weighted by Gasteiger charge is 2.27.